The Hall–Kier alpha value is -2.95. The smallest absolute Gasteiger partial charge is 0.231 e. The summed E-state index contributed by atoms with van der Waals surface area (Å²) in [6, 6.07) is 14.6. The summed E-state index contributed by atoms with van der Waals surface area (Å²) in [4.78, 5) is 16.3. The van der Waals surface area contributed by atoms with Crippen LogP contribution in [0.5, 0.6) is 11.5 Å². The second-order valence-corrected chi connectivity index (χ2v) is 8.06. The van der Waals surface area contributed by atoms with Crippen LogP contribution in [0.25, 0.3) is 10.9 Å². The highest BCUT2D eigenvalue weighted by atomic mass is 16.7. The standard InChI is InChI=1S/C24H26N2O3/c27-24(26-17-6-2-1-3-7-17)13-19(16-10-11-22-23(12-16)29-15-28-22)20-14-25-21-9-5-4-8-18(20)21/h4-5,8-12,14,17,19,25H,1-3,6-7,13,15H2,(H,26,27). The molecule has 5 rings (SSSR count). The lowest BCUT2D eigenvalue weighted by Crippen LogP contribution is -2.36. The molecule has 0 spiro atoms. The highest BCUT2D eigenvalue weighted by Gasteiger charge is 2.25. The largest absolute Gasteiger partial charge is 0.454 e. The lowest BCUT2D eigenvalue weighted by molar-refractivity contribution is -0.122. The van der Waals surface area contributed by atoms with Gasteiger partial charge in [-0.05, 0) is 42.2 Å². The normalized spacial score (nSPS) is 17.4. The topological polar surface area (TPSA) is 63.4 Å². The maximum Gasteiger partial charge on any atom is 0.231 e. The molecule has 3 aromatic rings. The number of aromatic nitrogens is 1. The third-order valence-electron chi connectivity index (χ3n) is 6.16. The highest BCUT2D eigenvalue weighted by molar-refractivity contribution is 5.86. The molecule has 0 bridgehead atoms. The summed E-state index contributed by atoms with van der Waals surface area (Å²) in [5, 5.41) is 4.43. The molecular weight excluding hydrogens is 364 g/mol. The number of para-hydroxylation sites is 1. The summed E-state index contributed by atoms with van der Waals surface area (Å²) >= 11 is 0. The van der Waals surface area contributed by atoms with E-state index in [1.54, 1.807) is 0 Å². The number of amides is 1. The fraction of sp³-hybridized carbons (Fsp3) is 0.375. The Morgan fingerprint density at radius 3 is 2.79 bits per heavy atom. The van der Waals surface area contributed by atoms with E-state index in [0.717, 1.165) is 46.4 Å². The Kier molecular flexibility index (Phi) is 4.88. The number of rotatable bonds is 5. The quantitative estimate of drug-likeness (QED) is 0.653. The molecule has 2 N–H and O–H groups in total. The Morgan fingerprint density at radius 2 is 1.90 bits per heavy atom. The minimum absolute atomic E-state index is 0.0516. The number of H-pyrrole nitrogens is 1. The molecule has 5 heteroatoms. The third-order valence-corrected chi connectivity index (χ3v) is 6.16. The van der Waals surface area contributed by atoms with Crippen LogP contribution in [0.2, 0.25) is 0 Å². The van der Waals surface area contributed by atoms with Crippen LogP contribution < -0.4 is 14.8 Å². The van der Waals surface area contributed by atoms with Crippen molar-refractivity contribution >= 4 is 16.8 Å². The van der Waals surface area contributed by atoms with Crippen LogP contribution in [-0.4, -0.2) is 23.7 Å². The third kappa shape index (κ3) is 3.69. The van der Waals surface area contributed by atoms with Crippen molar-refractivity contribution < 1.29 is 14.3 Å². The van der Waals surface area contributed by atoms with Crippen molar-refractivity contribution in [1.29, 1.82) is 0 Å². The molecule has 2 aromatic carbocycles. The Morgan fingerprint density at radius 1 is 1.07 bits per heavy atom. The predicted molar refractivity (Wildman–Crippen MR) is 112 cm³/mol. The molecule has 0 saturated heterocycles. The number of benzene rings is 2. The summed E-state index contributed by atoms with van der Waals surface area (Å²) in [5.74, 6) is 1.58. The zero-order valence-corrected chi connectivity index (χ0v) is 16.4. The molecule has 150 valence electrons. The summed E-state index contributed by atoms with van der Waals surface area (Å²) in [6.07, 6.45) is 8.33. The average Bonchev–Trinajstić information content (AvgIpc) is 3.39. The zero-order valence-electron chi connectivity index (χ0n) is 16.4. The number of fused-ring (bicyclic) bond motifs is 2. The fourth-order valence-corrected chi connectivity index (χ4v) is 4.64. The van der Waals surface area contributed by atoms with Crippen molar-refractivity contribution in [2.45, 2.75) is 50.5 Å². The lowest BCUT2D eigenvalue weighted by atomic mass is 9.87. The van der Waals surface area contributed by atoms with Gasteiger partial charge in [0.25, 0.3) is 0 Å². The summed E-state index contributed by atoms with van der Waals surface area (Å²) in [6.45, 7) is 0.249. The van der Waals surface area contributed by atoms with E-state index < -0.39 is 0 Å². The van der Waals surface area contributed by atoms with Gasteiger partial charge in [0, 0.05) is 35.5 Å². The predicted octanol–water partition coefficient (Wildman–Crippen LogP) is 4.87. The van der Waals surface area contributed by atoms with Crippen LogP contribution in [0.1, 0.15) is 55.6 Å². The van der Waals surface area contributed by atoms with Gasteiger partial charge in [-0.15, -0.1) is 0 Å². The van der Waals surface area contributed by atoms with E-state index in [1.165, 1.54) is 19.3 Å². The van der Waals surface area contributed by atoms with Crippen LogP contribution in [0.3, 0.4) is 0 Å². The zero-order chi connectivity index (χ0) is 19.6. The molecule has 1 saturated carbocycles. The van der Waals surface area contributed by atoms with E-state index in [9.17, 15) is 4.79 Å². The number of hydrogen-bond acceptors (Lipinski definition) is 3. The fourth-order valence-electron chi connectivity index (χ4n) is 4.64. The maximum atomic E-state index is 13.0. The van der Waals surface area contributed by atoms with E-state index in [1.807, 2.05) is 36.5 Å². The molecule has 5 nitrogen and oxygen atoms in total. The molecule has 1 aliphatic carbocycles. The van der Waals surface area contributed by atoms with E-state index in [0.29, 0.717) is 12.5 Å². The second-order valence-electron chi connectivity index (χ2n) is 8.06. The van der Waals surface area contributed by atoms with Crippen molar-refractivity contribution in [1.82, 2.24) is 10.3 Å². The van der Waals surface area contributed by atoms with Crippen molar-refractivity contribution in [3.8, 4) is 11.5 Å². The average molecular weight is 390 g/mol. The van der Waals surface area contributed by atoms with E-state index in [-0.39, 0.29) is 18.6 Å². The first kappa shape index (κ1) is 18.1. The summed E-state index contributed by atoms with van der Waals surface area (Å²) in [7, 11) is 0. The van der Waals surface area contributed by atoms with E-state index >= 15 is 0 Å². The number of hydrogen-bond donors (Lipinski definition) is 2. The summed E-state index contributed by atoms with van der Waals surface area (Å²) < 4.78 is 11.1. The molecule has 1 fully saturated rings. The monoisotopic (exact) mass is 390 g/mol. The van der Waals surface area contributed by atoms with Crippen molar-refractivity contribution in [2.24, 2.45) is 0 Å². The van der Waals surface area contributed by atoms with Gasteiger partial charge in [0.15, 0.2) is 11.5 Å². The highest BCUT2D eigenvalue weighted by Crippen LogP contribution is 2.39. The minimum atomic E-state index is -0.0516. The van der Waals surface area contributed by atoms with Crippen LogP contribution in [0, 0.1) is 0 Å². The van der Waals surface area contributed by atoms with Gasteiger partial charge in [-0.25, -0.2) is 0 Å². The lowest BCUT2D eigenvalue weighted by Gasteiger charge is -2.24. The first-order valence-electron chi connectivity index (χ1n) is 10.5. The van der Waals surface area contributed by atoms with E-state index in [4.69, 9.17) is 9.47 Å². The van der Waals surface area contributed by atoms with Gasteiger partial charge in [-0.3, -0.25) is 4.79 Å². The Bertz CT molecular complexity index is 1020. The number of nitrogens with one attached hydrogen (secondary N) is 2. The Balaban J connectivity index is 1.46. The van der Waals surface area contributed by atoms with E-state index in [2.05, 4.69) is 22.4 Å². The van der Waals surface area contributed by atoms with Gasteiger partial charge in [-0.2, -0.15) is 0 Å². The van der Waals surface area contributed by atoms with Gasteiger partial charge >= 0.3 is 0 Å². The first-order valence-corrected chi connectivity index (χ1v) is 10.5. The molecule has 1 aromatic heterocycles. The van der Waals surface area contributed by atoms with Gasteiger partial charge in [0.05, 0.1) is 0 Å². The molecule has 1 atom stereocenters. The molecule has 29 heavy (non-hydrogen) atoms. The molecule has 2 heterocycles. The maximum absolute atomic E-state index is 13.0. The van der Waals surface area contributed by atoms with Gasteiger partial charge in [-0.1, -0.05) is 43.5 Å². The SMILES string of the molecule is O=C(CC(c1ccc2c(c1)OCO2)c1c[nH]c2ccccc12)NC1CCCCC1. The number of carbonyl (C=O) groups is 1. The molecular formula is C24H26N2O3. The van der Waals surface area contributed by atoms with Gasteiger partial charge in [0.1, 0.15) is 0 Å². The van der Waals surface area contributed by atoms with Crippen LogP contribution in [-0.2, 0) is 4.79 Å². The summed E-state index contributed by atoms with van der Waals surface area (Å²) in [5.41, 5.74) is 3.29. The van der Waals surface area contributed by atoms with Crippen LogP contribution >= 0.6 is 0 Å². The van der Waals surface area contributed by atoms with Crippen molar-refractivity contribution in [3.05, 3.63) is 59.8 Å². The molecule has 1 unspecified atom stereocenters. The number of carbonyl (C=O) groups excluding carboxylic acids is 1. The second kappa shape index (κ2) is 7.82. The first-order chi connectivity index (χ1) is 14.3. The van der Waals surface area contributed by atoms with Crippen molar-refractivity contribution in [2.75, 3.05) is 6.79 Å². The number of ether oxygens (including phenoxy) is 2. The molecule has 1 aliphatic heterocycles. The molecule has 2 aliphatic rings. The van der Waals surface area contributed by atoms with Crippen molar-refractivity contribution in [3.63, 3.8) is 0 Å². The van der Waals surface area contributed by atoms with Crippen LogP contribution in [0.15, 0.2) is 48.7 Å². The van der Waals surface area contributed by atoms with Crippen LogP contribution in [0.4, 0.5) is 0 Å². The Labute approximate surface area is 170 Å². The van der Waals surface area contributed by atoms with Gasteiger partial charge < -0.3 is 19.8 Å². The molecule has 0 radical (unpaired) electrons. The molecule has 1 amide bonds. The minimum Gasteiger partial charge on any atom is -0.454 e. The number of aromatic amines is 1. The van der Waals surface area contributed by atoms with Gasteiger partial charge in [0.2, 0.25) is 12.7 Å².